The minimum atomic E-state index is -0.796. The number of nitrogens with one attached hydrogen (secondary N) is 1. The summed E-state index contributed by atoms with van der Waals surface area (Å²) in [7, 11) is 0. The Labute approximate surface area is 404 Å². The van der Waals surface area contributed by atoms with Crippen molar-refractivity contribution >= 4 is 11.9 Å². The Bertz CT molecular complexity index is 1110. The molecule has 3 N–H and O–H groups in total. The molecular weight excluding hydrogens is 803 g/mol. The highest BCUT2D eigenvalue weighted by molar-refractivity contribution is 5.77. The minimum Gasteiger partial charge on any atom is -0.462 e. The molecule has 6 nitrogen and oxygen atoms in total. The first-order chi connectivity index (χ1) is 32.0. The molecule has 65 heavy (non-hydrogen) atoms. The molecule has 6 heteroatoms. The van der Waals surface area contributed by atoms with Crippen molar-refractivity contribution in [1.29, 1.82) is 0 Å². The zero-order valence-electron chi connectivity index (χ0n) is 43.4. The summed E-state index contributed by atoms with van der Waals surface area (Å²) < 4.78 is 5.93. The highest BCUT2D eigenvalue weighted by Gasteiger charge is 2.24. The fraction of sp³-hybridized carbons (Fsp3) is 0.831. The Hall–Kier alpha value is -2.18. The predicted molar refractivity (Wildman–Crippen MR) is 282 cm³/mol. The maximum absolute atomic E-state index is 13.2. The average molecular weight is 913 g/mol. The van der Waals surface area contributed by atoms with Crippen molar-refractivity contribution in [3.05, 3.63) is 48.6 Å². The van der Waals surface area contributed by atoms with Crippen LogP contribution in [0.3, 0.4) is 0 Å². The molecule has 0 aliphatic heterocycles. The molecule has 3 atom stereocenters. The average Bonchev–Trinajstić information content (AvgIpc) is 3.30. The molecule has 3 unspecified atom stereocenters. The van der Waals surface area contributed by atoms with Crippen LogP contribution in [0.1, 0.15) is 290 Å². The van der Waals surface area contributed by atoms with Crippen LogP contribution in [0.2, 0.25) is 0 Å². The monoisotopic (exact) mass is 912 g/mol. The highest BCUT2D eigenvalue weighted by atomic mass is 16.5. The summed E-state index contributed by atoms with van der Waals surface area (Å²) in [5.74, 6) is -0.528. The third-order valence-electron chi connectivity index (χ3n) is 12.9. The van der Waals surface area contributed by atoms with Gasteiger partial charge in [0.1, 0.15) is 6.10 Å². The van der Waals surface area contributed by atoms with Crippen molar-refractivity contribution < 1.29 is 24.5 Å². The van der Waals surface area contributed by atoms with E-state index in [1.54, 1.807) is 0 Å². The van der Waals surface area contributed by atoms with E-state index in [0.717, 1.165) is 64.2 Å². The molecule has 0 spiro atoms. The number of esters is 1. The van der Waals surface area contributed by atoms with E-state index in [0.29, 0.717) is 25.7 Å². The first kappa shape index (κ1) is 62.8. The van der Waals surface area contributed by atoms with Crippen molar-refractivity contribution in [1.82, 2.24) is 5.32 Å². The van der Waals surface area contributed by atoms with Crippen molar-refractivity contribution in [3.63, 3.8) is 0 Å². The Morgan fingerprint density at radius 2 is 0.785 bits per heavy atom. The minimum absolute atomic E-state index is 0.0590. The number of hydrogen-bond acceptors (Lipinski definition) is 5. The van der Waals surface area contributed by atoms with Crippen LogP contribution >= 0.6 is 0 Å². The number of hydrogen-bond donors (Lipinski definition) is 3. The lowest BCUT2D eigenvalue weighted by molar-refractivity contribution is -0.151. The zero-order valence-corrected chi connectivity index (χ0v) is 43.4. The number of amides is 1. The second-order valence-electron chi connectivity index (χ2n) is 19.3. The van der Waals surface area contributed by atoms with Crippen LogP contribution in [-0.2, 0) is 14.3 Å². The second kappa shape index (κ2) is 52.8. The SMILES string of the molecule is CCCCC/C=C\C/C=C\C/C=C\C/C=C\CCCC(=O)OC(CCCCCCCCCCCCCCC)CC(=O)NC(CO)C(O)CCCCCCCCCCCCCCCCCC. The van der Waals surface area contributed by atoms with Gasteiger partial charge in [0.15, 0.2) is 0 Å². The van der Waals surface area contributed by atoms with E-state index in [2.05, 4.69) is 74.7 Å². The number of ether oxygens (including phenoxy) is 1. The van der Waals surface area contributed by atoms with Gasteiger partial charge in [-0.2, -0.15) is 0 Å². The summed E-state index contributed by atoms with van der Waals surface area (Å²) in [6.45, 7) is 6.47. The van der Waals surface area contributed by atoms with Gasteiger partial charge in [-0.3, -0.25) is 9.59 Å². The van der Waals surface area contributed by atoms with Crippen molar-refractivity contribution in [2.75, 3.05) is 6.61 Å². The van der Waals surface area contributed by atoms with Gasteiger partial charge in [-0.05, 0) is 64.2 Å². The Balaban J connectivity index is 4.59. The van der Waals surface area contributed by atoms with Crippen LogP contribution in [0, 0.1) is 0 Å². The van der Waals surface area contributed by atoms with Crippen LogP contribution in [0.4, 0.5) is 0 Å². The van der Waals surface area contributed by atoms with Crippen molar-refractivity contribution in [2.24, 2.45) is 0 Å². The van der Waals surface area contributed by atoms with Gasteiger partial charge in [0.2, 0.25) is 5.91 Å². The van der Waals surface area contributed by atoms with Crippen molar-refractivity contribution in [3.8, 4) is 0 Å². The topological polar surface area (TPSA) is 95.9 Å². The van der Waals surface area contributed by atoms with Crippen molar-refractivity contribution in [2.45, 2.75) is 309 Å². The lowest BCUT2D eigenvalue weighted by atomic mass is 10.0. The van der Waals surface area contributed by atoms with Gasteiger partial charge < -0.3 is 20.3 Å². The van der Waals surface area contributed by atoms with Gasteiger partial charge >= 0.3 is 5.97 Å². The first-order valence-electron chi connectivity index (χ1n) is 28.4. The molecule has 0 aromatic carbocycles. The van der Waals surface area contributed by atoms with E-state index in [1.807, 2.05) is 0 Å². The molecule has 0 aliphatic carbocycles. The number of carbonyl (C=O) groups is 2. The highest BCUT2D eigenvalue weighted by Crippen LogP contribution is 2.18. The van der Waals surface area contributed by atoms with Gasteiger partial charge in [0.25, 0.3) is 0 Å². The van der Waals surface area contributed by atoms with E-state index in [4.69, 9.17) is 4.74 Å². The molecule has 0 aromatic heterocycles. The Morgan fingerprint density at radius 3 is 1.18 bits per heavy atom. The molecule has 0 saturated heterocycles. The fourth-order valence-electron chi connectivity index (χ4n) is 8.60. The van der Waals surface area contributed by atoms with E-state index >= 15 is 0 Å². The second-order valence-corrected chi connectivity index (χ2v) is 19.3. The number of aliphatic hydroxyl groups is 2. The number of carbonyl (C=O) groups excluding carboxylic acids is 2. The molecule has 0 saturated carbocycles. The normalized spacial score (nSPS) is 13.5. The largest absolute Gasteiger partial charge is 0.462 e. The lowest BCUT2D eigenvalue weighted by Gasteiger charge is -2.24. The maximum atomic E-state index is 13.2. The standard InChI is InChI=1S/C59H109NO5/c1-4-7-10-13-16-19-22-25-27-29-31-34-37-40-43-46-49-52-59(64)65-55(50-47-44-41-38-35-32-24-21-18-15-12-9-6-3)53-58(63)60-56(54-61)57(62)51-48-45-42-39-36-33-30-28-26-23-20-17-14-11-8-5-2/h16,19,25,27,31,34,40,43,55-57,61-62H,4-15,17-18,20-24,26,28-30,32-33,35-39,41-42,44-54H2,1-3H3,(H,60,63)/b19-16-,27-25-,34-31-,43-40-. The number of unbranched alkanes of at least 4 members (excludes halogenated alkanes) is 31. The summed E-state index contributed by atoms with van der Waals surface area (Å²) in [4.78, 5) is 26.2. The molecule has 0 heterocycles. The van der Waals surface area contributed by atoms with Crippen LogP contribution in [0.5, 0.6) is 0 Å². The quantitative estimate of drug-likeness (QED) is 0.0321. The van der Waals surface area contributed by atoms with Gasteiger partial charge in [-0.25, -0.2) is 0 Å². The summed E-state index contributed by atoms with van der Waals surface area (Å²) in [6.07, 6.45) is 64.6. The smallest absolute Gasteiger partial charge is 0.306 e. The molecule has 1 amide bonds. The summed E-state index contributed by atoms with van der Waals surface area (Å²) >= 11 is 0. The summed E-state index contributed by atoms with van der Waals surface area (Å²) in [5.41, 5.74) is 0. The third-order valence-corrected chi connectivity index (χ3v) is 12.9. The van der Waals surface area contributed by atoms with Crippen LogP contribution in [-0.4, -0.2) is 46.9 Å². The molecule has 0 rings (SSSR count). The zero-order chi connectivity index (χ0) is 47.4. The molecule has 380 valence electrons. The molecule has 0 aromatic rings. The third kappa shape index (κ3) is 48.1. The van der Waals surface area contributed by atoms with Gasteiger partial charge in [-0.1, -0.05) is 262 Å². The van der Waals surface area contributed by atoms with E-state index < -0.39 is 18.2 Å². The van der Waals surface area contributed by atoms with Gasteiger partial charge in [0.05, 0.1) is 25.2 Å². The van der Waals surface area contributed by atoms with Gasteiger partial charge in [-0.15, -0.1) is 0 Å². The number of allylic oxidation sites excluding steroid dienone is 8. The van der Waals surface area contributed by atoms with E-state index in [9.17, 15) is 19.8 Å². The molecule has 0 radical (unpaired) electrons. The summed E-state index contributed by atoms with van der Waals surface area (Å²) in [5, 5.41) is 23.9. The van der Waals surface area contributed by atoms with E-state index in [1.165, 1.54) is 173 Å². The molecule has 0 aliphatic rings. The Morgan fingerprint density at radius 1 is 0.446 bits per heavy atom. The lowest BCUT2D eigenvalue weighted by Crippen LogP contribution is -2.46. The van der Waals surface area contributed by atoms with Crippen LogP contribution in [0.25, 0.3) is 0 Å². The predicted octanol–water partition coefficient (Wildman–Crippen LogP) is 17.4. The maximum Gasteiger partial charge on any atom is 0.306 e. The first-order valence-corrected chi connectivity index (χ1v) is 28.4. The van der Waals surface area contributed by atoms with Gasteiger partial charge in [0, 0.05) is 6.42 Å². The number of rotatable bonds is 51. The number of aliphatic hydroxyl groups excluding tert-OH is 2. The molecule has 0 fully saturated rings. The Kier molecular flexibility index (Phi) is 51.0. The van der Waals surface area contributed by atoms with Crippen LogP contribution in [0.15, 0.2) is 48.6 Å². The molecular formula is C59H109NO5. The fourth-order valence-corrected chi connectivity index (χ4v) is 8.60. The van der Waals surface area contributed by atoms with Crippen LogP contribution < -0.4 is 5.32 Å². The molecule has 0 bridgehead atoms. The van der Waals surface area contributed by atoms with E-state index in [-0.39, 0.29) is 24.9 Å². The summed E-state index contributed by atoms with van der Waals surface area (Å²) in [6, 6.07) is -0.711.